The molecule has 0 bridgehead atoms. The normalized spacial score (nSPS) is 10.7. The highest BCUT2D eigenvalue weighted by Gasteiger charge is 2.16. The Labute approximate surface area is 167 Å². The van der Waals surface area contributed by atoms with Crippen molar-refractivity contribution in [3.05, 3.63) is 54.6 Å². The summed E-state index contributed by atoms with van der Waals surface area (Å²) in [6.45, 7) is 0.605. The maximum Gasteiger partial charge on any atom is 0.319 e. The monoisotopic (exact) mass is 392 g/mol. The van der Waals surface area contributed by atoms with Crippen LogP contribution in [0, 0.1) is 0 Å². The van der Waals surface area contributed by atoms with E-state index in [1.807, 2.05) is 34.9 Å². The fourth-order valence-electron chi connectivity index (χ4n) is 2.95. The lowest BCUT2D eigenvalue weighted by atomic mass is 10.2. The number of anilines is 1. The van der Waals surface area contributed by atoms with Gasteiger partial charge in [0.1, 0.15) is 5.75 Å². The number of hydrogen-bond donors (Lipinski definition) is 1. The van der Waals surface area contributed by atoms with Gasteiger partial charge in [-0.2, -0.15) is 4.98 Å². The standard InChI is InChI=1S/C20H20N6O3/c1-27-14-6-4-13(5-7-14)10-22-17-18-23-12-16(26(18)9-8-21-17)15-11-24-20(29-3)25-19(15)28-2/h4-9,11-12H,10H2,1-3H3,(H,21,22). The summed E-state index contributed by atoms with van der Waals surface area (Å²) >= 11 is 0. The Bertz CT molecular complexity index is 1130. The van der Waals surface area contributed by atoms with E-state index in [4.69, 9.17) is 14.2 Å². The molecule has 0 amide bonds. The number of methoxy groups -OCH3 is 3. The van der Waals surface area contributed by atoms with E-state index in [0.29, 0.717) is 29.5 Å². The number of ether oxygens (including phenoxy) is 3. The minimum atomic E-state index is 0.239. The highest BCUT2D eigenvalue weighted by Crippen LogP contribution is 2.30. The number of aromatic nitrogens is 5. The molecule has 1 N–H and O–H groups in total. The first-order valence-corrected chi connectivity index (χ1v) is 8.87. The minimum Gasteiger partial charge on any atom is -0.497 e. The fourth-order valence-corrected chi connectivity index (χ4v) is 2.95. The number of nitrogens with zero attached hydrogens (tertiary/aromatic N) is 5. The number of imidazole rings is 1. The number of nitrogens with one attached hydrogen (secondary N) is 1. The molecule has 0 atom stereocenters. The first-order chi connectivity index (χ1) is 14.2. The Morgan fingerprint density at radius 1 is 0.931 bits per heavy atom. The Hall–Kier alpha value is -3.88. The van der Waals surface area contributed by atoms with Gasteiger partial charge in [0, 0.05) is 25.1 Å². The Morgan fingerprint density at radius 3 is 2.48 bits per heavy atom. The molecule has 0 fully saturated rings. The van der Waals surface area contributed by atoms with E-state index < -0.39 is 0 Å². The zero-order valence-electron chi connectivity index (χ0n) is 16.3. The summed E-state index contributed by atoms with van der Waals surface area (Å²) in [6.07, 6.45) is 6.94. The second-order valence-electron chi connectivity index (χ2n) is 6.09. The second kappa shape index (κ2) is 8.01. The van der Waals surface area contributed by atoms with Crippen molar-refractivity contribution in [1.29, 1.82) is 0 Å². The van der Waals surface area contributed by atoms with Gasteiger partial charge < -0.3 is 19.5 Å². The van der Waals surface area contributed by atoms with Crippen LogP contribution in [0.15, 0.2) is 49.1 Å². The molecule has 0 aliphatic rings. The molecular weight excluding hydrogens is 372 g/mol. The predicted molar refractivity (Wildman–Crippen MR) is 107 cm³/mol. The van der Waals surface area contributed by atoms with Crippen LogP contribution in [0.4, 0.5) is 5.82 Å². The van der Waals surface area contributed by atoms with Gasteiger partial charge in [0.25, 0.3) is 0 Å². The average Bonchev–Trinajstić information content (AvgIpc) is 3.22. The predicted octanol–water partition coefficient (Wildman–Crippen LogP) is 2.82. The van der Waals surface area contributed by atoms with Crippen molar-refractivity contribution in [3.8, 4) is 28.9 Å². The maximum absolute atomic E-state index is 5.40. The van der Waals surface area contributed by atoms with Crippen LogP contribution in [0.3, 0.4) is 0 Å². The molecule has 1 aromatic carbocycles. The minimum absolute atomic E-state index is 0.239. The first kappa shape index (κ1) is 18.5. The molecule has 0 radical (unpaired) electrons. The van der Waals surface area contributed by atoms with Crippen LogP contribution in [0.5, 0.6) is 17.6 Å². The van der Waals surface area contributed by atoms with Gasteiger partial charge in [-0.15, -0.1) is 0 Å². The van der Waals surface area contributed by atoms with Crippen LogP contribution >= 0.6 is 0 Å². The highest BCUT2D eigenvalue weighted by atomic mass is 16.5. The maximum atomic E-state index is 5.40. The molecule has 148 valence electrons. The fraction of sp³-hybridized carbons (Fsp3) is 0.200. The molecule has 4 rings (SSSR count). The molecule has 0 aliphatic heterocycles. The zero-order valence-corrected chi connectivity index (χ0v) is 16.3. The molecule has 3 aromatic heterocycles. The van der Waals surface area contributed by atoms with E-state index in [0.717, 1.165) is 17.0 Å². The van der Waals surface area contributed by atoms with Crippen molar-refractivity contribution >= 4 is 11.5 Å². The third-order valence-corrected chi connectivity index (χ3v) is 4.43. The molecule has 0 saturated heterocycles. The van der Waals surface area contributed by atoms with E-state index in [9.17, 15) is 0 Å². The Kier molecular flexibility index (Phi) is 5.10. The zero-order chi connectivity index (χ0) is 20.2. The van der Waals surface area contributed by atoms with E-state index >= 15 is 0 Å². The van der Waals surface area contributed by atoms with Crippen molar-refractivity contribution in [3.63, 3.8) is 0 Å². The molecule has 9 heteroatoms. The molecule has 29 heavy (non-hydrogen) atoms. The van der Waals surface area contributed by atoms with Crippen molar-refractivity contribution < 1.29 is 14.2 Å². The number of rotatable bonds is 7. The van der Waals surface area contributed by atoms with E-state index in [1.54, 1.807) is 32.8 Å². The van der Waals surface area contributed by atoms with Gasteiger partial charge >= 0.3 is 6.01 Å². The quantitative estimate of drug-likeness (QED) is 0.513. The Balaban J connectivity index is 1.64. The van der Waals surface area contributed by atoms with Gasteiger partial charge in [0.15, 0.2) is 11.5 Å². The third kappa shape index (κ3) is 3.62. The van der Waals surface area contributed by atoms with Gasteiger partial charge in [-0.25, -0.2) is 15.0 Å². The van der Waals surface area contributed by atoms with Crippen molar-refractivity contribution in [2.45, 2.75) is 6.54 Å². The van der Waals surface area contributed by atoms with Gasteiger partial charge in [-0.05, 0) is 17.7 Å². The molecule has 3 heterocycles. The van der Waals surface area contributed by atoms with Crippen LogP contribution in [-0.2, 0) is 6.54 Å². The molecule has 0 unspecified atom stereocenters. The van der Waals surface area contributed by atoms with Crippen molar-refractivity contribution in [2.24, 2.45) is 0 Å². The number of benzene rings is 1. The number of hydrogen-bond acceptors (Lipinski definition) is 8. The van der Waals surface area contributed by atoms with Gasteiger partial charge in [0.2, 0.25) is 5.88 Å². The van der Waals surface area contributed by atoms with Crippen molar-refractivity contribution in [1.82, 2.24) is 24.3 Å². The van der Waals surface area contributed by atoms with Crippen LogP contribution in [0.25, 0.3) is 16.9 Å². The van der Waals surface area contributed by atoms with Crippen LogP contribution < -0.4 is 19.5 Å². The smallest absolute Gasteiger partial charge is 0.319 e. The highest BCUT2D eigenvalue weighted by molar-refractivity contribution is 5.72. The third-order valence-electron chi connectivity index (χ3n) is 4.43. The molecule has 9 nitrogen and oxygen atoms in total. The van der Waals surface area contributed by atoms with Crippen LogP contribution in [-0.4, -0.2) is 45.7 Å². The lowest BCUT2D eigenvalue weighted by Gasteiger charge is -2.10. The summed E-state index contributed by atoms with van der Waals surface area (Å²) in [7, 11) is 4.71. The van der Waals surface area contributed by atoms with Gasteiger partial charge in [-0.1, -0.05) is 12.1 Å². The molecule has 0 spiro atoms. The summed E-state index contributed by atoms with van der Waals surface area (Å²) in [5.74, 6) is 1.90. The molecular formula is C20H20N6O3. The van der Waals surface area contributed by atoms with Crippen molar-refractivity contribution in [2.75, 3.05) is 26.6 Å². The summed E-state index contributed by atoms with van der Waals surface area (Å²) in [5.41, 5.74) is 3.28. The average molecular weight is 392 g/mol. The number of fused-ring (bicyclic) bond motifs is 1. The summed E-state index contributed by atoms with van der Waals surface area (Å²) in [4.78, 5) is 17.4. The topological polar surface area (TPSA) is 95.7 Å². The summed E-state index contributed by atoms with van der Waals surface area (Å²) < 4.78 is 17.6. The first-order valence-electron chi connectivity index (χ1n) is 8.87. The second-order valence-corrected chi connectivity index (χ2v) is 6.09. The van der Waals surface area contributed by atoms with E-state index in [2.05, 4.69) is 25.3 Å². The van der Waals surface area contributed by atoms with E-state index in [1.165, 1.54) is 7.11 Å². The summed E-state index contributed by atoms with van der Waals surface area (Å²) in [5, 5.41) is 3.34. The van der Waals surface area contributed by atoms with Crippen LogP contribution in [0.2, 0.25) is 0 Å². The van der Waals surface area contributed by atoms with Gasteiger partial charge in [-0.3, -0.25) is 4.40 Å². The lowest BCUT2D eigenvalue weighted by Crippen LogP contribution is -2.04. The molecule has 0 saturated carbocycles. The van der Waals surface area contributed by atoms with Gasteiger partial charge in [0.05, 0.1) is 38.8 Å². The lowest BCUT2D eigenvalue weighted by molar-refractivity contribution is 0.353. The van der Waals surface area contributed by atoms with Crippen LogP contribution in [0.1, 0.15) is 5.56 Å². The van der Waals surface area contributed by atoms with E-state index in [-0.39, 0.29) is 6.01 Å². The SMILES string of the molecule is COc1ccc(CNc2nccn3c(-c4cnc(OC)nc4OC)cnc23)cc1. The molecule has 0 aliphatic carbocycles. The largest absolute Gasteiger partial charge is 0.497 e. The summed E-state index contributed by atoms with van der Waals surface area (Å²) in [6, 6.07) is 8.09. The Morgan fingerprint density at radius 2 is 1.76 bits per heavy atom. The molecule has 4 aromatic rings.